The van der Waals surface area contributed by atoms with E-state index in [1.165, 1.54) is 7.11 Å². The molecule has 5 nitrogen and oxygen atoms in total. The molecule has 5 heteroatoms. The van der Waals surface area contributed by atoms with E-state index in [-0.39, 0.29) is 24.5 Å². The van der Waals surface area contributed by atoms with E-state index in [0.29, 0.717) is 17.0 Å². The number of nitrogen functional groups attached to an aromatic ring is 1. The van der Waals surface area contributed by atoms with Crippen LogP contribution in [0.2, 0.25) is 0 Å². The number of nitrogens with one attached hydrogen (secondary N) is 1. The van der Waals surface area contributed by atoms with Crippen molar-refractivity contribution in [1.82, 2.24) is 5.32 Å². The summed E-state index contributed by atoms with van der Waals surface area (Å²) in [5.41, 5.74) is 6.45. The lowest BCUT2D eigenvalue weighted by molar-refractivity contribution is 0.0895. The number of carbonyl (C=O) groups excluding carboxylic acids is 1. The molecule has 0 aromatic heterocycles. The van der Waals surface area contributed by atoms with E-state index >= 15 is 0 Å². The first-order valence-electron chi connectivity index (χ1n) is 5.85. The maximum absolute atomic E-state index is 12.1. The average Bonchev–Trinajstić information content (AvgIpc) is 2.34. The normalized spacial score (nSPS) is 12.3. The second-order valence-corrected chi connectivity index (χ2v) is 4.43. The molecule has 0 saturated heterocycles. The third kappa shape index (κ3) is 3.13. The van der Waals surface area contributed by atoms with Crippen molar-refractivity contribution in [3.63, 3.8) is 0 Å². The first-order chi connectivity index (χ1) is 8.51. The van der Waals surface area contributed by atoms with Crippen LogP contribution in [0, 0.1) is 5.92 Å². The Bertz CT molecular complexity index is 419. The number of aliphatic hydroxyl groups excluding tert-OH is 1. The number of anilines is 1. The highest BCUT2D eigenvalue weighted by Crippen LogP contribution is 2.24. The number of hydrogen-bond acceptors (Lipinski definition) is 4. The smallest absolute Gasteiger partial charge is 0.257 e. The van der Waals surface area contributed by atoms with Crippen molar-refractivity contribution in [3.05, 3.63) is 23.8 Å². The Balaban J connectivity index is 2.97. The van der Waals surface area contributed by atoms with Crippen LogP contribution in [-0.4, -0.2) is 30.8 Å². The van der Waals surface area contributed by atoms with Gasteiger partial charge >= 0.3 is 0 Å². The lowest BCUT2D eigenvalue weighted by Crippen LogP contribution is -2.41. The highest BCUT2D eigenvalue weighted by atomic mass is 16.5. The average molecular weight is 252 g/mol. The molecular weight excluding hydrogens is 232 g/mol. The zero-order valence-corrected chi connectivity index (χ0v) is 10.9. The van der Waals surface area contributed by atoms with Gasteiger partial charge in [0.15, 0.2) is 0 Å². The van der Waals surface area contributed by atoms with Gasteiger partial charge < -0.3 is 20.9 Å². The minimum Gasteiger partial charge on any atom is -0.496 e. The molecule has 0 saturated carbocycles. The summed E-state index contributed by atoms with van der Waals surface area (Å²) in [6, 6.07) is 4.73. The summed E-state index contributed by atoms with van der Waals surface area (Å²) in [5.74, 6) is 0.223. The van der Waals surface area contributed by atoms with Gasteiger partial charge in [-0.1, -0.05) is 19.9 Å². The van der Waals surface area contributed by atoms with Crippen molar-refractivity contribution in [2.75, 3.05) is 19.5 Å². The number of rotatable bonds is 5. The SMILES string of the molecule is COc1cccc(N)c1C(=O)N[C@H](CO)C(C)C. The second-order valence-electron chi connectivity index (χ2n) is 4.43. The van der Waals surface area contributed by atoms with Crippen LogP contribution < -0.4 is 15.8 Å². The highest BCUT2D eigenvalue weighted by Gasteiger charge is 2.20. The van der Waals surface area contributed by atoms with E-state index < -0.39 is 0 Å². The molecule has 100 valence electrons. The van der Waals surface area contributed by atoms with Crippen LogP contribution >= 0.6 is 0 Å². The van der Waals surface area contributed by atoms with Crippen LogP contribution in [0.25, 0.3) is 0 Å². The van der Waals surface area contributed by atoms with Crippen molar-refractivity contribution < 1.29 is 14.6 Å². The molecule has 0 fully saturated rings. The van der Waals surface area contributed by atoms with E-state index in [9.17, 15) is 9.90 Å². The van der Waals surface area contributed by atoms with Crippen molar-refractivity contribution in [2.45, 2.75) is 19.9 Å². The van der Waals surface area contributed by atoms with E-state index in [4.69, 9.17) is 10.5 Å². The minimum absolute atomic E-state index is 0.113. The van der Waals surface area contributed by atoms with Crippen LogP contribution in [0.5, 0.6) is 5.75 Å². The van der Waals surface area contributed by atoms with Gasteiger partial charge in [-0.25, -0.2) is 0 Å². The van der Waals surface area contributed by atoms with Gasteiger partial charge in [-0.05, 0) is 18.1 Å². The van der Waals surface area contributed by atoms with E-state index in [1.807, 2.05) is 13.8 Å². The van der Waals surface area contributed by atoms with Crippen molar-refractivity contribution in [2.24, 2.45) is 5.92 Å². The molecule has 0 radical (unpaired) electrons. The summed E-state index contributed by atoms with van der Waals surface area (Å²) in [5, 5.41) is 12.0. The number of methoxy groups -OCH3 is 1. The monoisotopic (exact) mass is 252 g/mol. The third-order valence-corrected chi connectivity index (χ3v) is 2.82. The molecule has 0 aliphatic carbocycles. The first kappa shape index (κ1) is 14.3. The minimum atomic E-state index is -0.335. The first-order valence-corrected chi connectivity index (χ1v) is 5.85. The number of aliphatic hydroxyl groups is 1. The lowest BCUT2D eigenvalue weighted by Gasteiger charge is -2.21. The van der Waals surface area contributed by atoms with E-state index in [2.05, 4.69) is 5.32 Å². The van der Waals surface area contributed by atoms with Gasteiger partial charge in [0.25, 0.3) is 5.91 Å². The maximum atomic E-state index is 12.1. The third-order valence-electron chi connectivity index (χ3n) is 2.82. The summed E-state index contributed by atoms with van der Waals surface area (Å²) in [4.78, 5) is 12.1. The number of ether oxygens (including phenoxy) is 1. The fourth-order valence-electron chi connectivity index (χ4n) is 1.62. The Labute approximate surface area is 107 Å². The summed E-state index contributed by atoms with van der Waals surface area (Å²) in [6.07, 6.45) is 0. The van der Waals surface area contributed by atoms with Crippen LogP contribution in [0.1, 0.15) is 24.2 Å². The number of amides is 1. The van der Waals surface area contributed by atoms with Gasteiger partial charge in [-0.2, -0.15) is 0 Å². The zero-order valence-electron chi connectivity index (χ0n) is 10.9. The highest BCUT2D eigenvalue weighted by molar-refractivity contribution is 6.02. The number of carbonyl (C=O) groups is 1. The predicted molar refractivity (Wildman–Crippen MR) is 70.6 cm³/mol. The Morgan fingerprint density at radius 2 is 2.17 bits per heavy atom. The molecule has 1 rings (SSSR count). The van der Waals surface area contributed by atoms with Gasteiger partial charge in [-0.3, -0.25) is 4.79 Å². The summed E-state index contributed by atoms with van der Waals surface area (Å²) >= 11 is 0. The molecule has 4 N–H and O–H groups in total. The molecule has 1 aromatic carbocycles. The standard InChI is InChI=1S/C13H20N2O3/c1-8(2)10(7-16)15-13(17)12-9(14)5-4-6-11(12)18-3/h4-6,8,10,16H,7,14H2,1-3H3,(H,15,17)/t10-/m1/s1. The van der Waals surface area contributed by atoms with Crippen molar-refractivity contribution in [3.8, 4) is 5.75 Å². The van der Waals surface area contributed by atoms with Crippen LogP contribution in [0.3, 0.4) is 0 Å². The Morgan fingerprint density at radius 3 is 2.67 bits per heavy atom. The second kappa shape index (κ2) is 6.26. The van der Waals surface area contributed by atoms with Gasteiger partial charge in [0, 0.05) is 5.69 Å². The molecule has 1 amide bonds. The zero-order chi connectivity index (χ0) is 13.7. The summed E-state index contributed by atoms with van der Waals surface area (Å²) < 4.78 is 5.12. The molecule has 0 heterocycles. The van der Waals surface area contributed by atoms with E-state index in [0.717, 1.165) is 0 Å². The number of hydrogen-bond donors (Lipinski definition) is 3. The Kier molecular flexibility index (Phi) is 4.97. The van der Waals surface area contributed by atoms with Gasteiger partial charge in [0.05, 0.1) is 19.8 Å². The molecule has 1 atom stereocenters. The molecule has 0 bridgehead atoms. The van der Waals surface area contributed by atoms with E-state index in [1.54, 1.807) is 18.2 Å². The summed E-state index contributed by atoms with van der Waals surface area (Å²) in [7, 11) is 1.48. The van der Waals surface area contributed by atoms with Crippen LogP contribution in [0.4, 0.5) is 5.69 Å². The maximum Gasteiger partial charge on any atom is 0.257 e. The fraction of sp³-hybridized carbons (Fsp3) is 0.462. The molecular formula is C13H20N2O3. The number of nitrogens with two attached hydrogens (primary N) is 1. The van der Waals surface area contributed by atoms with Crippen molar-refractivity contribution >= 4 is 11.6 Å². The van der Waals surface area contributed by atoms with Crippen molar-refractivity contribution in [1.29, 1.82) is 0 Å². The van der Waals surface area contributed by atoms with Crippen LogP contribution in [-0.2, 0) is 0 Å². The molecule has 1 aromatic rings. The van der Waals surface area contributed by atoms with Gasteiger partial charge in [0.1, 0.15) is 11.3 Å². The van der Waals surface area contributed by atoms with Crippen LogP contribution in [0.15, 0.2) is 18.2 Å². The largest absolute Gasteiger partial charge is 0.496 e. The predicted octanol–water partition coefficient (Wildman–Crippen LogP) is 1.02. The van der Waals surface area contributed by atoms with Gasteiger partial charge in [0.2, 0.25) is 0 Å². The Hall–Kier alpha value is -1.75. The molecule has 0 unspecified atom stereocenters. The quantitative estimate of drug-likeness (QED) is 0.683. The lowest BCUT2D eigenvalue weighted by atomic mass is 10.0. The molecule has 0 spiro atoms. The van der Waals surface area contributed by atoms with Gasteiger partial charge in [-0.15, -0.1) is 0 Å². The Morgan fingerprint density at radius 1 is 1.50 bits per heavy atom. The molecule has 0 aliphatic rings. The fourth-order valence-corrected chi connectivity index (χ4v) is 1.62. The molecule has 0 aliphatic heterocycles. The number of benzene rings is 1. The molecule has 18 heavy (non-hydrogen) atoms. The topological polar surface area (TPSA) is 84.6 Å². The summed E-state index contributed by atoms with van der Waals surface area (Å²) in [6.45, 7) is 3.73.